The van der Waals surface area contributed by atoms with Gasteiger partial charge in [-0.2, -0.15) is 0 Å². The number of carbonyl (C=O) groups excluding carboxylic acids is 2. The van der Waals surface area contributed by atoms with E-state index in [0.29, 0.717) is 17.8 Å². The van der Waals surface area contributed by atoms with E-state index in [1.165, 1.54) is 19.8 Å². The molecule has 0 spiro atoms. The summed E-state index contributed by atoms with van der Waals surface area (Å²) in [6, 6.07) is 0. The first-order valence-corrected chi connectivity index (χ1v) is 9.56. The standard InChI is InChI=1S/C20H28O4/c1-3-20(11-14-7-16(20)8-14)24-19(22)10-18(23-12(2)21)17-9-13-4-5-15(17)6-13/h4-5,13-18H,3,6-11H2,1-2H3. The Balaban J connectivity index is 1.41. The molecule has 0 aliphatic heterocycles. The van der Waals surface area contributed by atoms with Crippen molar-refractivity contribution in [2.75, 3.05) is 0 Å². The van der Waals surface area contributed by atoms with Gasteiger partial charge in [-0.25, -0.2) is 0 Å². The minimum absolute atomic E-state index is 0.178. The van der Waals surface area contributed by atoms with E-state index in [4.69, 9.17) is 9.47 Å². The summed E-state index contributed by atoms with van der Waals surface area (Å²) in [5, 5.41) is 0. The maximum atomic E-state index is 12.7. The van der Waals surface area contributed by atoms with Gasteiger partial charge in [0.15, 0.2) is 0 Å². The van der Waals surface area contributed by atoms with Crippen molar-refractivity contribution in [2.45, 2.75) is 70.5 Å². The van der Waals surface area contributed by atoms with Crippen molar-refractivity contribution in [2.24, 2.45) is 29.6 Å². The van der Waals surface area contributed by atoms with Crippen molar-refractivity contribution in [3.63, 3.8) is 0 Å². The molecule has 0 N–H and O–H groups in total. The van der Waals surface area contributed by atoms with Gasteiger partial charge in [-0.3, -0.25) is 9.59 Å². The summed E-state index contributed by atoms with van der Waals surface area (Å²) in [4.78, 5) is 24.2. The fraction of sp³-hybridized carbons (Fsp3) is 0.800. The molecule has 24 heavy (non-hydrogen) atoms. The van der Waals surface area contributed by atoms with Crippen LogP contribution < -0.4 is 0 Å². The van der Waals surface area contributed by atoms with Gasteiger partial charge >= 0.3 is 11.9 Å². The van der Waals surface area contributed by atoms with Crippen LogP contribution in [0.3, 0.4) is 0 Å². The third kappa shape index (κ3) is 2.68. The Morgan fingerprint density at radius 2 is 2.00 bits per heavy atom. The van der Waals surface area contributed by atoms with Crippen molar-refractivity contribution >= 4 is 11.9 Å². The van der Waals surface area contributed by atoms with Crippen LogP contribution in [0.5, 0.6) is 0 Å². The lowest BCUT2D eigenvalue weighted by molar-refractivity contribution is -0.169. The highest BCUT2D eigenvalue weighted by Gasteiger charge is 2.57. The fourth-order valence-corrected chi connectivity index (χ4v) is 5.79. The number of ether oxygens (including phenoxy) is 2. The number of fused-ring (bicyclic) bond motifs is 3. The largest absolute Gasteiger partial charge is 0.462 e. The predicted octanol–water partition coefficient (Wildman–Crippen LogP) is 3.64. The molecule has 4 fully saturated rings. The lowest BCUT2D eigenvalue weighted by Gasteiger charge is -2.35. The highest BCUT2D eigenvalue weighted by molar-refractivity contribution is 5.72. The quantitative estimate of drug-likeness (QED) is 0.550. The van der Waals surface area contributed by atoms with Crippen molar-refractivity contribution in [1.29, 1.82) is 0 Å². The van der Waals surface area contributed by atoms with E-state index in [0.717, 1.165) is 31.6 Å². The van der Waals surface area contributed by atoms with Gasteiger partial charge in [0, 0.05) is 12.8 Å². The molecular weight excluding hydrogens is 304 g/mol. The molecule has 4 nitrogen and oxygen atoms in total. The van der Waals surface area contributed by atoms with Crippen LogP contribution >= 0.6 is 0 Å². The first kappa shape index (κ1) is 16.2. The number of hydrogen-bond acceptors (Lipinski definition) is 4. The van der Waals surface area contributed by atoms with E-state index in [2.05, 4.69) is 19.1 Å². The molecule has 0 heterocycles. The fourth-order valence-electron chi connectivity index (χ4n) is 5.79. The van der Waals surface area contributed by atoms with E-state index < -0.39 is 0 Å². The van der Waals surface area contributed by atoms with Crippen LogP contribution in [0.1, 0.15) is 58.8 Å². The van der Waals surface area contributed by atoms with E-state index >= 15 is 0 Å². The Bertz CT molecular complexity index is 562. The Kier molecular flexibility index (Phi) is 3.97. The van der Waals surface area contributed by atoms with Gasteiger partial charge in [0.2, 0.25) is 0 Å². The number of hydrogen-bond donors (Lipinski definition) is 0. The zero-order valence-electron chi connectivity index (χ0n) is 14.7. The molecule has 4 heteroatoms. The summed E-state index contributed by atoms with van der Waals surface area (Å²) >= 11 is 0. The zero-order chi connectivity index (χ0) is 16.9. The first-order chi connectivity index (χ1) is 11.5. The molecular formula is C20H28O4. The van der Waals surface area contributed by atoms with Crippen LogP contribution in [-0.2, 0) is 19.1 Å². The average Bonchev–Trinajstić information content (AvgIpc) is 3.23. The van der Waals surface area contributed by atoms with Crippen LogP contribution in [0.2, 0.25) is 0 Å². The Morgan fingerprint density at radius 3 is 2.50 bits per heavy atom. The second-order valence-electron chi connectivity index (χ2n) is 8.43. The van der Waals surface area contributed by atoms with Crippen LogP contribution in [0.4, 0.5) is 0 Å². The number of rotatable bonds is 6. The van der Waals surface area contributed by atoms with Gasteiger partial charge in [-0.05, 0) is 62.2 Å². The predicted molar refractivity (Wildman–Crippen MR) is 89.0 cm³/mol. The van der Waals surface area contributed by atoms with Crippen molar-refractivity contribution in [1.82, 2.24) is 0 Å². The molecule has 0 aromatic rings. The summed E-state index contributed by atoms with van der Waals surface area (Å²) < 4.78 is 11.6. The van der Waals surface area contributed by atoms with Gasteiger partial charge in [0.1, 0.15) is 11.7 Å². The zero-order valence-corrected chi connectivity index (χ0v) is 14.7. The van der Waals surface area contributed by atoms with Crippen LogP contribution in [0.25, 0.3) is 0 Å². The molecule has 0 amide bonds. The molecule has 0 radical (unpaired) electrons. The second-order valence-corrected chi connectivity index (χ2v) is 8.43. The molecule has 5 unspecified atom stereocenters. The van der Waals surface area contributed by atoms with Crippen LogP contribution in [0, 0.1) is 29.6 Å². The van der Waals surface area contributed by atoms with Gasteiger partial charge in [0.05, 0.1) is 6.42 Å². The lowest BCUT2D eigenvalue weighted by Crippen LogP contribution is -2.39. The van der Waals surface area contributed by atoms with Gasteiger partial charge in [0.25, 0.3) is 0 Å². The molecule has 0 saturated heterocycles. The van der Waals surface area contributed by atoms with Crippen molar-refractivity contribution in [3.8, 4) is 0 Å². The molecule has 5 aliphatic carbocycles. The lowest BCUT2D eigenvalue weighted by atomic mass is 9.80. The summed E-state index contributed by atoms with van der Waals surface area (Å²) in [6.07, 6.45) is 10.9. The SMILES string of the molecule is CCC1(OC(=O)CC(OC(C)=O)C2CC3C=CC2C3)CC2CC1C2. The highest BCUT2D eigenvalue weighted by atomic mass is 16.6. The second kappa shape index (κ2) is 5.89. The van der Waals surface area contributed by atoms with E-state index in [9.17, 15) is 9.59 Å². The number of allylic oxidation sites excluding steroid dienone is 2. The normalized spacial score (nSPS) is 42.7. The molecule has 0 aromatic heterocycles. The van der Waals surface area contributed by atoms with E-state index in [-0.39, 0.29) is 36.0 Å². The monoisotopic (exact) mass is 332 g/mol. The average molecular weight is 332 g/mol. The first-order valence-electron chi connectivity index (χ1n) is 9.56. The maximum absolute atomic E-state index is 12.7. The van der Waals surface area contributed by atoms with Gasteiger partial charge in [-0.15, -0.1) is 0 Å². The molecule has 4 bridgehead atoms. The molecule has 132 valence electrons. The Morgan fingerprint density at radius 1 is 1.21 bits per heavy atom. The number of carbonyl (C=O) groups is 2. The van der Waals surface area contributed by atoms with Crippen molar-refractivity contribution in [3.05, 3.63) is 12.2 Å². The molecule has 5 aliphatic rings. The maximum Gasteiger partial charge on any atom is 0.310 e. The van der Waals surface area contributed by atoms with Gasteiger partial charge < -0.3 is 9.47 Å². The third-order valence-electron chi connectivity index (χ3n) is 7.02. The third-order valence-corrected chi connectivity index (χ3v) is 7.02. The van der Waals surface area contributed by atoms with Gasteiger partial charge in [-0.1, -0.05) is 19.1 Å². The molecule has 5 rings (SSSR count). The Labute approximate surface area is 144 Å². The molecule has 4 saturated carbocycles. The highest BCUT2D eigenvalue weighted by Crippen LogP contribution is 2.58. The van der Waals surface area contributed by atoms with Crippen LogP contribution in [0.15, 0.2) is 12.2 Å². The Hall–Kier alpha value is -1.32. The summed E-state index contributed by atoms with van der Waals surface area (Å²) in [5.41, 5.74) is -0.239. The molecule has 5 atom stereocenters. The van der Waals surface area contributed by atoms with Crippen LogP contribution in [-0.4, -0.2) is 23.6 Å². The molecule has 0 aromatic carbocycles. The minimum Gasteiger partial charge on any atom is -0.462 e. The summed E-state index contributed by atoms with van der Waals surface area (Å²) in [7, 11) is 0. The minimum atomic E-state index is -0.333. The van der Waals surface area contributed by atoms with E-state index in [1.807, 2.05) is 0 Å². The topological polar surface area (TPSA) is 52.6 Å². The van der Waals surface area contributed by atoms with Crippen molar-refractivity contribution < 1.29 is 19.1 Å². The smallest absolute Gasteiger partial charge is 0.310 e. The summed E-state index contributed by atoms with van der Waals surface area (Å²) in [5.74, 6) is 2.14. The summed E-state index contributed by atoms with van der Waals surface area (Å²) in [6.45, 7) is 3.55. The van der Waals surface area contributed by atoms with E-state index in [1.54, 1.807) is 0 Å². The number of esters is 2.